The summed E-state index contributed by atoms with van der Waals surface area (Å²) in [5, 5.41) is 15.5. The third kappa shape index (κ3) is 7.75. The first kappa shape index (κ1) is 18.1. The van der Waals surface area contributed by atoms with E-state index in [4.69, 9.17) is 0 Å². The van der Waals surface area contributed by atoms with Crippen molar-refractivity contribution >= 4 is 17.6 Å². The van der Waals surface area contributed by atoms with E-state index >= 15 is 0 Å². The number of para-hydroxylation sites is 1. The van der Waals surface area contributed by atoms with Crippen LogP contribution in [0.2, 0.25) is 0 Å². The number of unbranched alkanes of at least 4 members (excludes halogenated alkanes) is 3. The van der Waals surface area contributed by atoms with Gasteiger partial charge >= 0.3 is 0 Å². The molecule has 0 saturated carbocycles. The zero-order valence-electron chi connectivity index (χ0n) is 12.9. The third-order valence-electron chi connectivity index (χ3n) is 3.42. The molecular formula is C16H26N3O3+. The zero-order chi connectivity index (χ0) is 16.2. The molecule has 0 aliphatic rings. The van der Waals surface area contributed by atoms with Crippen molar-refractivity contribution in [3.05, 3.63) is 30.3 Å². The van der Waals surface area contributed by atoms with Gasteiger partial charge in [-0.05, 0) is 37.8 Å². The van der Waals surface area contributed by atoms with Crippen LogP contribution in [0.5, 0.6) is 0 Å². The molecule has 0 saturated heterocycles. The lowest BCUT2D eigenvalue weighted by molar-refractivity contribution is -0.682. The van der Waals surface area contributed by atoms with Gasteiger partial charge in [0, 0.05) is 5.69 Å². The highest BCUT2D eigenvalue weighted by Crippen LogP contribution is 2.05. The van der Waals surface area contributed by atoms with Gasteiger partial charge in [0.15, 0.2) is 0 Å². The molecule has 0 aliphatic carbocycles. The second kappa shape index (κ2) is 10.8. The summed E-state index contributed by atoms with van der Waals surface area (Å²) in [4.78, 5) is 23.0. The smallest absolute Gasteiger partial charge is 0.230 e. The fraction of sp³-hybridized carbons (Fsp3) is 0.500. The van der Waals surface area contributed by atoms with Crippen LogP contribution in [0, 0.1) is 0 Å². The van der Waals surface area contributed by atoms with E-state index in [0.29, 0.717) is 12.2 Å². The minimum absolute atomic E-state index is 0.0872. The van der Waals surface area contributed by atoms with Gasteiger partial charge in [0.1, 0.15) is 6.04 Å². The number of hydrogen-bond donors (Lipinski definition) is 3. The highest BCUT2D eigenvalue weighted by atomic mass is 16.4. The number of carbonyl (C=O) groups excluding carboxylic acids is 2. The van der Waals surface area contributed by atoms with Gasteiger partial charge in [-0.15, -0.1) is 0 Å². The number of carboxylic acids is 1. The first-order valence-electron chi connectivity index (χ1n) is 7.82. The third-order valence-corrected chi connectivity index (χ3v) is 3.42. The Kier molecular flexibility index (Phi) is 8.86. The predicted octanol–water partition coefficient (Wildman–Crippen LogP) is -1.50. The van der Waals surface area contributed by atoms with Crippen molar-refractivity contribution in [1.82, 2.24) is 0 Å². The number of anilines is 1. The highest BCUT2D eigenvalue weighted by molar-refractivity contribution is 5.93. The van der Waals surface area contributed by atoms with Gasteiger partial charge in [0.2, 0.25) is 5.91 Å². The number of quaternary nitrogens is 2. The first-order chi connectivity index (χ1) is 10.6. The summed E-state index contributed by atoms with van der Waals surface area (Å²) in [6.07, 6.45) is 4.12. The molecule has 1 atom stereocenters. The second-order valence-corrected chi connectivity index (χ2v) is 5.34. The molecule has 0 radical (unpaired) electrons. The molecule has 0 heterocycles. The van der Waals surface area contributed by atoms with Gasteiger partial charge in [0.05, 0.1) is 25.5 Å². The van der Waals surface area contributed by atoms with Gasteiger partial charge in [-0.3, -0.25) is 4.79 Å². The number of hydrogen-bond acceptors (Lipinski definition) is 3. The number of amides is 1. The molecule has 0 aromatic heterocycles. The molecule has 22 heavy (non-hydrogen) atoms. The average molecular weight is 308 g/mol. The average Bonchev–Trinajstić information content (AvgIpc) is 2.50. The molecule has 6 N–H and O–H groups in total. The summed E-state index contributed by atoms with van der Waals surface area (Å²) in [5.74, 6) is -1.50. The number of rotatable bonds is 11. The summed E-state index contributed by atoms with van der Waals surface area (Å²) >= 11 is 0. The molecule has 6 heteroatoms. The molecule has 1 aromatic rings. The molecule has 0 unspecified atom stereocenters. The molecule has 1 aromatic carbocycles. The van der Waals surface area contributed by atoms with Crippen LogP contribution in [0.15, 0.2) is 30.3 Å². The van der Waals surface area contributed by atoms with E-state index in [9.17, 15) is 14.7 Å². The quantitative estimate of drug-likeness (QED) is 0.432. The van der Waals surface area contributed by atoms with Crippen molar-refractivity contribution in [2.45, 2.75) is 38.1 Å². The molecule has 0 fully saturated rings. The molecule has 122 valence electrons. The SMILES string of the molecule is [NH3+]CCCCCC[NH2+][C@@H](CC(=O)Nc1ccccc1)C(=O)[O-]. The van der Waals surface area contributed by atoms with Crippen molar-refractivity contribution < 1.29 is 25.7 Å². The molecule has 0 bridgehead atoms. The van der Waals surface area contributed by atoms with E-state index in [-0.39, 0.29) is 12.3 Å². The predicted molar refractivity (Wildman–Crippen MR) is 81.5 cm³/mol. The van der Waals surface area contributed by atoms with Crippen molar-refractivity contribution in [3.63, 3.8) is 0 Å². The van der Waals surface area contributed by atoms with Gasteiger partial charge < -0.3 is 26.3 Å². The Hall–Kier alpha value is -1.92. The van der Waals surface area contributed by atoms with Gasteiger partial charge in [-0.25, -0.2) is 0 Å². The van der Waals surface area contributed by atoms with Gasteiger partial charge in [0.25, 0.3) is 0 Å². The van der Waals surface area contributed by atoms with Gasteiger partial charge in [-0.1, -0.05) is 18.2 Å². The monoisotopic (exact) mass is 308 g/mol. The molecule has 1 rings (SSSR count). The van der Waals surface area contributed by atoms with Crippen LogP contribution >= 0.6 is 0 Å². The van der Waals surface area contributed by atoms with Gasteiger partial charge in [-0.2, -0.15) is 0 Å². The maximum absolute atomic E-state index is 11.9. The minimum Gasteiger partial charge on any atom is -0.544 e. The number of benzene rings is 1. The summed E-state index contributed by atoms with van der Waals surface area (Å²) < 4.78 is 0. The maximum Gasteiger partial charge on any atom is 0.230 e. The Bertz CT molecular complexity index is 451. The molecule has 6 nitrogen and oxygen atoms in total. The van der Waals surface area contributed by atoms with Crippen LogP contribution in [0.4, 0.5) is 5.69 Å². The number of carboxylic acid groups (broad SMARTS) is 1. The normalized spacial score (nSPS) is 11.9. The van der Waals surface area contributed by atoms with Crippen LogP contribution < -0.4 is 21.5 Å². The lowest BCUT2D eigenvalue weighted by Gasteiger charge is -2.16. The molecular weight excluding hydrogens is 282 g/mol. The Labute approximate surface area is 131 Å². The second-order valence-electron chi connectivity index (χ2n) is 5.34. The lowest BCUT2D eigenvalue weighted by atomic mass is 10.1. The van der Waals surface area contributed by atoms with Crippen LogP contribution in [-0.4, -0.2) is 31.0 Å². The standard InChI is InChI=1S/C16H25N3O3/c17-10-6-1-2-7-11-18-14(16(21)22)12-15(20)19-13-8-4-3-5-9-13/h3-5,8-9,14,18H,1-2,6-7,10-12,17H2,(H,19,20)(H,21,22)/p+1/t14-/m0/s1. The van der Waals surface area contributed by atoms with E-state index in [0.717, 1.165) is 32.2 Å². The first-order valence-corrected chi connectivity index (χ1v) is 7.82. The number of aliphatic carboxylic acids is 1. The maximum atomic E-state index is 11.9. The van der Waals surface area contributed by atoms with Crippen molar-refractivity contribution in [3.8, 4) is 0 Å². The number of carbonyl (C=O) groups is 2. The van der Waals surface area contributed by atoms with E-state index < -0.39 is 12.0 Å². The van der Waals surface area contributed by atoms with E-state index in [2.05, 4.69) is 11.1 Å². The summed E-state index contributed by atoms with van der Waals surface area (Å²) in [7, 11) is 0. The summed E-state index contributed by atoms with van der Waals surface area (Å²) in [6, 6.07) is 8.16. The van der Waals surface area contributed by atoms with Crippen LogP contribution in [0.25, 0.3) is 0 Å². The van der Waals surface area contributed by atoms with Crippen LogP contribution in [0.1, 0.15) is 32.1 Å². The fourth-order valence-electron chi connectivity index (χ4n) is 2.19. The Morgan fingerprint density at radius 1 is 1.14 bits per heavy atom. The van der Waals surface area contributed by atoms with Crippen molar-refractivity contribution in [1.29, 1.82) is 0 Å². The van der Waals surface area contributed by atoms with Crippen molar-refractivity contribution in [2.24, 2.45) is 0 Å². The number of nitrogens with one attached hydrogen (secondary N) is 1. The van der Waals surface area contributed by atoms with E-state index in [1.165, 1.54) is 0 Å². The number of nitrogens with two attached hydrogens (primary N) is 1. The highest BCUT2D eigenvalue weighted by Gasteiger charge is 2.17. The minimum atomic E-state index is -1.19. The summed E-state index contributed by atoms with van der Waals surface area (Å²) in [5.41, 5.74) is 4.45. The topological polar surface area (TPSA) is 113 Å². The zero-order valence-corrected chi connectivity index (χ0v) is 12.9. The lowest BCUT2D eigenvalue weighted by Crippen LogP contribution is -2.93. The Balaban J connectivity index is 2.31. The van der Waals surface area contributed by atoms with Crippen LogP contribution in [-0.2, 0) is 9.59 Å². The van der Waals surface area contributed by atoms with E-state index in [1.54, 1.807) is 17.4 Å². The Morgan fingerprint density at radius 2 is 1.82 bits per heavy atom. The largest absolute Gasteiger partial charge is 0.544 e. The van der Waals surface area contributed by atoms with Crippen LogP contribution in [0.3, 0.4) is 0 Å². The fourth-order valence-corrected chi connectivity index (χ4v) is 2.19. The van der Waals surface area contributed by atoms with E-state index in [1.807, 2.05) is 18.2 Å². The summed E-state index contributed by atoms with van der Waals surface area (Å²) in [6.45, 7) is 1.62. The molecule has 1 amide bonds. The molecule has 0 aliphatic heterocycles. The molecule has 0 spiro atoms. The van der Waals surface area contributed by atoms with Crippen molar-refractivity contribution in [2.75, 3.05) is 18.4 Å². The Morgan fingerprint density at radius 3 is 2.45 bits per heavy atom.